The van der Waals surface area contributed by atoms with Gasteiger partial charge in [0.1, 0.15) is 0 Å². The first-order valence-corrected chi connectivity index (χ1v) is 16.9. The molecule has 0 saturated heterocycles. The smallest absolute Gasteiger partial charge is 0.252 e. The van der Waals surface area contributed by atoms with Crippen molar-refractivity contribution >= 4 is 33.4 Å². The summed E-state index contributed by atoms with van der Waals surface area (Å²) in [5.74, 6) is 0.783. The lowest BCUT2D eigenvalue weighted by molar-refractivity contribution is -0.120. The van der Waals surface area contributed by atoms with Crippen molar-refractivity contribution in [3.05, 3.63) is 103 Å². The lowest BCUT2D eigenvalue weighted by Gasteiger charge is -2.23. The molecule has 224 valence electrons. The van der Waals surface area contributed by atoms with Crippen molar-refractivity contribution < 1.29 is 9.59 Å². The number of nitrogens with one attached hydrogen (secondary N) is 2. The van der Waals surface area contributed by atoms with Crippen LogP contribution in [0.4, 0.5) is 0 Å². The minimum Gasteiger partial charge on any atom is -0.355 e. The highest BCUT2D eigenvalue weighted by Crippen LogP contribution is 2.34. The summed E-state index contributed by atoms with van der Waals surface area (Å²) >= 11 is 0. The molecule has 0 aromatic carbocycles. The maximum Gasteiger partial charge on any atom is 0.252 e. The van der Waals surface area contributed by atoms with Crippen molar-refractivity contribution in [2.75, 3.05) is 18.8 Å². The normalized spacial score (nSPS) is 12.7. The maximum absolute atomic E-state index is 12.2. The lowest BCUT2D eigenvalue weighted by atomic mass is 10.2. The van der Waals surface area contributed by atoms with E-state index < -0.39 is 0 Å². The highest BCUT2D eigenvalue weighted by atomic mass is 33.1. The third-order valence-electron chi connectivity index (χ3n) is 5.53. The molecule has 0 fully saturated rings. The van der Waals surface area contributed by atoms with Crippen molar-refractivity contribution in [2.45, 2.75) is 76.9 Å². The molecule has 1 heterocycles. The standard InChI is InChI=1S/C34H49N3O2S2/c1-4-5-6-7-8-9-10-11-12-13-14-15-16-17-18-19-20-21-22-25-32(38)36-27-28-40-41-34(2,3)30-37-33(39)31-24-23-26-35-29-31/h5-6,8-9,11-12,14-15,17-18,20-21,23-24,26,29H,4,7,10,13,16,19,22,25,27-28,30H2,1-3H3,(H,36,38)(H,37,39)/b6-5-,9-8-,12-11-,15-14-,18-17-,21-20-. The van der Waals surface area contributed by atoms with Crippen LogP contribution in [0, 0.1) is 0 Å². The second-order valence-corrected chi connectivity index (χ2v) is 13.0. The molecule has 1 aromatic rings. The first kappa shape index (κ1) is 36.3. The summed E-state index contributed by atoms with van der Waals surface area (Å²) in [4.78, 5) is 28.2. The minimum atomic E-state index is -0.122. The monoisotopic (exact) mass is 595 g/mol. The molecule has 0 aliphatic heterocycles. The first-order chi connectivity index (χ1) is 19.9. The van der Waals surface area contributed by atoms with E-state index in [0.717, 1.165) is 50.7 Å². The number of hydrogen-bond donors (Lipinski definition) is 2. The number of aromatic nitrogens is 1. The van der Waals surface area contributed by atoms with E-state index in [1.54, 1.807) is 46.1 Å². The Bertz CT molecular complexity index is 1010. The van der Waals surface area contributed by atoms with E-state index in [2.05, 4.69) is 109 Å². The van der Waals surface area contributed by atoms with Crippen LogP contribution in [0.1, 0.15) is 82.5 Å². The van der Waals surface area contributed by atoms with E-state index in [1.165, 1.54) is 0 Å². The Labute approximate surface area is 256 Å². The number of rotatable bonds is 22. The van der Waals surface area contributed by atoms with E-state index in [-0.39, 0.29) is 16.6 Å². The molecule has 1 aromatic heterocycles. The second kappa shape index (κ2) is 25.0. The third-order valence-corrected chi connectivity index (χ3v) is 8.82. The minimum absolute atomic E-state index is 0.0816. The van der Waals surface area contributed by atoms with E-state index in [4.69, 9.17) is 0 Å². The highest BCUT2D eigenvalue weighted by Gasteiger charge is 2.20. The van der Waals surface area contributed by atoms with Gasteiger partial charge in [-0.2, -0.15) is 0 Å². The summed E-state index contributed by atoms with van der Waals surface area (Å²) < 4.78 is -0.122. The Morgan fingerprint density at radius 1 is 0.829 bits per heavy atom. The van der Waals surface area contributed by atoms with Gasteiger partial charge in [-0.1, -0.05) is 101 Å². The van der Waals surface area contributed by atoms with Crippen LogP contribution in [0.5, 0.6) is 0 Å². The maximum atomic E-state index is 12.2. The van der Waals surface area contributed by atoms with Gasteiger partial charge >= 0.3 is 0 Å². The molecule has 2 N–H and O–H groups in total. The zero-order valence-corrected chi connectivity index (χ0v) is 26.7. The highest BCUT2D eigenvalue weighted by molar-refractivity contribution is 8.77. The Kier molecular flexibility index (Phi) is 22.1. The van der Waals surface area contributed by atoms with Crippen molar-refractivity contribution in [1.82, 2.24) is 15.6 Å². The molecule has 0 aliphatic rings. The lowest BCUT2D eigenvalue weighted by Crippen LogP contribution is -2.36. The molecule has 0 saturated carbocycles. The van der Waals surface area contributed by atoms with Gasteiger partial charge in [-0.05, 0) is 70.9 Å². The number of carbonyl (C=O) groups is 2. The topological polar surface area (TPSA) is 71.1 Å². The fourth-order valence-electron chi connectivity index (χ4n) is 3.30. The molecule has 5 nitrogen and oxygen atoms in total. The Hall–Kier alpha value is -2.77. The fourth-order valence-corrected chi connectivity index (χ4v) is 5.65. The van der Waals surface area contributed by atoms with Gasteiger partial charge in [-0.3, -0.25) is 14.6 Å². The molecule has 2 amide bonds. The number of amides is 2. The summed E-state index contributed by atoms with van der Waals surface area (Å²) in [6.45, 7) is 7.53. The molecule has 0 bridgehead atoms. The number of allylic oxidation sites excluding steroid dienone is 12. The third kappa shape index (κ3) is 22.6. The van der Waals surface area contributed by atoms with Gasteiger partial charge < -0.3 is 10.6 Å². The largest absolute Gasteiger partial charge is 0.355 e. The van der Waals surface area contributed by atoms with Gasteiger partial charge in [-0.15, -0.1) is 0 Å². The Morgan fingerprint density at radius 3 is 1.93 bits per heavy atom. The zero-order valence-electron chi connectivity index (χ0n) is 25.1. The summed E-state index contributed by atoms with van der Waals surface area (Å²) in [6, 6.07) is 3.50. The van der Waals surface area contributed by atoms with E-state index in [0.29, 0.717) is 25.1 Å². The van der Waals surface area contributed by atoms with Gasteiger partial charge in [0.25, 0.3) is 5.91 Å². The average molecular weight is 596 g/mol. The zero-order chi connectivity index (χ0) is 29.9. The molecule has 0 radical (unpaired) electrons. The molecule has 0 spiro atoms. The SMILES string of the molecule is CC/C=C\C/C=C\C/C=C\C/C=C\C/C=C\C/C=C\CCC(=O)NCCSSC(C)(C)CNC(=O)c1cccnc1. The number of carbonyl (C=O) groups excluding carboxylic acids is 2. The predicted molar refractivity (Wildman–Crippen MR) is 181 cm³/mol. The summed E-state index contributed by atoms with van der Waals surface area (Å²) in [7, 11) is 3.42. The molecular weight excluding hydrogens is 547 g/mol. The fraction of sp³-hybridized carbons (Fsp3) is 0.441. The summed E-state index contributed by atoms with van der Waals surface area (Å²) in [5, 5.41) is 5.95. The van der Waals surface area contributed by atoms with Crippen molar-refractivity contribution in [3.8, 4) is 0 Å². The molecule has 0 unspecified atom stereocenters. The first-order valence-electron chi connectivity index (χ1n) is 14.6. The number of nitrogens with zero attached hydrogens (tertiary/aromatic N) is 1. The summed E-state index contributed by atoms with van der Waals surface area (Å²) in [5.41, 5.74) is 0.563. The molecular formula is C34H49N3O2S2. The quantitative estimate of drug-likeness (QED) is 0.0798. The van der Waals surface area contributed by atoms with Crippen LogP contribution in [-0.4, -0.2) is 40.4 Å². The van der Waals surface area contributed by atoms with Gasteiger partial charge in [0.15, 0.2) is 0 Å². The van der Waals surface area contributed by atoms with Crippen molar-refractivity contribution in [3.63, 3.8) is 0 Å². The van der Waals surface area contributed by atoms with E-state index in [9.17, 15) is 9.59 Å². The van der Waals surface area contributed by atoms with E-state index >= 15 is 0 Å². The Balaban J connectivity index is 1.99. The van der Waals surface area contributed by atoms with Crippen LogP contribution in [0.2, 0.25) is 0 Å². The van der Waals surface area contributed by atoms with Crippen molar-refractivity contribution in [1.29, 1.82) is 0 Å². The molecule has 7 heteroatoms. The molecule has 0 aliphatic carbocycles. The second-order valence-electron chi connectivity index (χ2n) is 9.89. The van der Waals surface area contributed by atoms with Crippen LogP contribution in [0.15, 0.2) is 97.4 Å². The molecule has 1 rings (SSSR count). The van der Waals surface area contributed by atoms with Crippen LogP contribution in [-0.2, 0) is 4.79 Å². The average Bonchev–Trinajstić information content (AvgIpc) is 2.97. The Morgan fingerprint density at radius 2 is 1.39 bits per heavy atom. The molecule has 0 atom stereocenters. The number of pyridine rings is 1. The summed E-state index contributed by atoms with van der Waals surface area (Å²) in [6.07, 6.45) is 36.6. The van der Waals surface area contributed by atoms with E-state index in [1.807, 2.05) is 0 Å². The number of hydrogen-bond acceptors (Lipinski definition) is 5. The van der Waals surface area contributed by atoms with Crippen LogP contribution >= 0.6 is 21.6 Å². The van der Waals surface area contributed by atoms with Crippen LogP contribution < -0.4 is 10.6 Å². The molecule has 41 heavy (non-hydrogen) atoms. The van der Waals surface area contributed by atoms with Crippen molar-refractivity contribution in [2.24, 2.45) is 0 Å². The van der Waals surface area contributed by atoms with Gasteiger partial charge in [0, 0.05) is 42.4 Å². The van der Waals surface area contributed by atoms with Gasteiger partial charge in [-0.25, -0.2) is 0 Å². The van der Waals surface area contributed by atoms with Gasteiger partial charge in [0.2, 0.25) is 5.91 Å². The van der Waals surface area contributed by atoms with Crippen LogP contribution in [0.25, 0.3) is 0 Å². The predicted octanol–water partition coefficient (Wildman–Crippen LogP) is 8.57. The van der Waals surface area contributed by atoms with Crippen LogP contribution in [0.3, 0.4) is 0 Å². The van der Waals surface area contributed by atoms with Gasteiger partial charge in [0.05, 0.1) is 5.56 Å².